The van der Waals surface area contributed by atoms with Crippen LogP contribution < -0.4 is 0 Å². The summed E-state index contributed by atoms with van der Waals surface area (Å²) in [4.78, 5) is 10.8. The average molecular weight is 287 g/mol. The normalized spacial score (nSPS) is 11.6. The fraction of sp³-hybridized carbons (Fsp3) is 0.100. The average Bonchev–Trinajstić information content (AvgIpc) is 2.37. The molecule has 18 heavy (non-hydrogen) atoms. The lowest BCUT2D eigenvalue weighted by Crippen LogP contribution is -2.06. The van der Waals surface area contributed by atoms with Gasteiger partial charge in [0.25, 0.3) is 0 Å². The van der Waals surface area contributed by atoms with E-state index in [0.29, 0.717) is 6.08 Å². The fourth-order valence-corrected chi connectivity index (χ4v) is 1.22. The summed E-state index contributed by atoms with van der Waals surface area (Å²) in [6.45, 7) is 0. The van der Waals surface area contributed by atoms with Crippen molar-refractivity contribution >= 4 is 23.6 Å². The minimum atomic E-state index is -2.30. The molecular formula is C10H4ClF5O2. The van der Waals surface area contributed by atoms with E-state index in [2.05, 4.69) is 4.74 Å². The molecule has 0 aromatic heterocycles. The summed E-state index contributed by atoms with van der Waals surface area (Å²) >= 11 is 5.27. The maximum atomic E-state index is 13.2. The van der Waals surface area contributed by atoms with Crippen molar-refractivity contribution in [2.24, 2.45) is 0 Å². The minimum Gasteiger partial charge on any atom is -0.465 e. The first kappa shape index (κ1) is 14.4. The third-order valence-corrected chi connectivity index (χ3v) is 2.16. The van der Waals surface area contributed by atoms with Gasteiger partial charge in [0.15, 0.2) is 23.3 Å². The molecule has 0 fully saturated rings. The standard InChI is InChI=1S/C10H4ClF5O2/c1-18-10(17)4(11)2-3-5(12)7(14)9(16)8(15)6(3)13/h2H,1H3/b4-2-. The number of carbonyl (C=O) groups is 1. The van der Waals surface area contributed by atoms with Gasteiger partial charge in [-0.1, -0.05) is 11.6 Å². The van der Waals surface area contributed by atoms with Gasteiger partial charge in [-0.3, -0.25) is 0 Å². The zero-order valence-corrected chi connectivity index (χ0v) is 9.42. The van der Waals surface area contributed by atoms with Crippen LogP contribution in [0.5, 0.6) is 0 Å². The van der Waals surface area contributed by atoms with E-state index in [1.54, 1.807) is 0 Å². The Hall–Kier alpha value is -1.63. The summed E-state index contributed by atoms with van der Waals surface area (Å²) in [5.74, 6) is -11.9. The largest absolute Gasteiger partial charge is 0.465 e. The third kappa shape index (κ3) is 2.45. The van der Waals surface area contributed by atoms with Gasteiger partial charge in [-0.2, -0.15) is 0 Å². The van der Waals surface area contributed by atoms with E-state index in [9.17, 15) is 26.7 Å². The predicted molar refractivity (Wildman–Crippen MR) is 52.1 cm³/mol. The number of ether oxygens (including phenoxy) is 1. The summed E-state index contributed by atoms with van der Waals surface area (Å²) in [7, 11) is 0.928. The summed E-state index contributed by atoms with van der Waals surface area (Å²) in [6.07, 6.45) is 0.295. The summed E-state index contributed by atoms with van der Waals surface area (Å²) < 4.78 is 68.7. The second-order valence-corrected chi connectivity index (χ2v) is 3.37. The molecular weight excluding hydrogens is 283 g/mol. The number of halogens is 6. The van der Waals surface area contributed by atoms with Crippen molar-refractivity contribution in [3.05, 3.63) is 39.7 Å². The molecule has 0 N–H and O–H groups in total. The van der Waals surface area contributed by atoms with Crippen LogP contribution in [0.25, 0.3) is 6.08 Å². The van der Waals surface area contributed by atoms with E-state index in [1.807, 2.05) is 0 Å². The van der Waals surface area contributed by atoms with E-state index in [4.69, 9.17) is 11.6 Å². The van der Waals surface area contributed by atoms with Crippen molar-refractivity contribution in [1.29, 1.82) is 0 Å². The molecule has 0 atom stereocenters. The monoisotopic (exact) mass is 286 g/mol. The molecule has 2 nitrogen and oxygen atoms in total. The maximum absolute atomic E-state index is 13.2. The quantitative estimate of drug-likeness (QED) is 0.274. The van der Waals surface area contributed by atoms with E-state index in [1.165, 1.54) is 0 Å². The zero-order chi connectivity index (χ0) is 14.0. The highest BCUT2D eigenvalue weighted by Crippen LogP contribution is 2.25. The minimum absolute atomic E-state index is 0.295. The molecule has 0 saturated carbocycles. The van der Waals surface area contributed by atoms with Crippen LogP contribution in [0, 0.1) is 29.1 Å². The van der Waals surface area contributed by atoms with Crippen LogP contribution in [0.2, 0.25) is 0 Å². The number of hydrogen-bond acceptors (Lipinski definition) is 2. The lowest BCUT2D eigenvalue weighted by atomic mass is 10.1. The predicted octanol–water partition coefficient (Wildman–Crippen LogP) is 3.13. The van der Waals surface area contributed by atoms with Gasteiger partial charge < -0.3 is 4.74 Å². The van der Waals surface area contributed by atoms with Gasteiger partial charge in [-0.15, -0.1) is 0 Å². The SMILES string of the molecule is COC(=O)/C(Cl)=C/c1c(F)c(F)c(F)c(F)c1F. The molecule has 98 valence electrons. The summed E-state index contributed by atoms with van der Waals surface area (Å²) in [5, 5.41) is -0.833. The lowest BCUT2D eigenvalue weighted by Gasteiger charge is -2.04. The molecule has 1 rings (SSSR count). The van der Waals surface area contributed by atoms with E-state index in [-0.39, 0.29) is 0 Å². The Bertz CT molecular complexity index is 513. The summed E-state index contributed by atoms with van der Waals surface area (Å²) in [5.41, 5.74) is -1.32. The highest BCUT2D eigenvalue weighted by molar-refractivity contribution is 6.43. The van der Waals surface area contributed by atoms with Gasteiger partial charge in [0, 0.05) is 0 Å². The van der Waals surface area contributed by atoms with Gasteiger partial charge in [-0.25, -0.2) is 26.7 Å². The Morgan fingerprint density at radius 2 is 1.39 bits per heavy atom. The number of hydrogen-bond donors (Lipinski definition) is 0. The lowest BCUT2D eigenvalue weighted by molar-refractivity contribution is -0.135. The first-order valence-corrected chi connectivity index (χ1v) is 4.66. The van der Waals surface area contributed by atoms with Crippen molar-refractivity contribution in [3.63, 3.8) is 0 Å². The van der Waals surface area contributed by atoms with E-state index < -0.39 is 45.7 Å². The topological polar surface area (TPSA) is 26.3 Å². The van der Waals surface area contributed by atoms with Crippen LogP contribution in [0.4, 0.5) is 22.0 Å². The van der Waals surface area contributed by atoms with Crippen molar-refractivity contribution in [1.82, 2.24) is 0 Å². The number of methoxy groups -OCH3 is 1. The fourth-order valence-electron chi connectivity index (χ4n) is 1.03. The van der Waals surface area contributed by atoms with Gasteiger partial charge in [0.1, 0.15) is 5.03 Å². The van der Waals surface area contributed by atoms with Crippen molar-refractivity contribution in [3.8, 4) is 0 Å². The van der Waals surface area contributed by atoms with Crippen LogP contribution >= 0.6 is 11.6 Å². The number of carbonyl (C=O) groups excluding carboxylic acids is 1. The van der Waals surface area contributed by atoms with Crippen LogP contribution in [-0.4, -0.2) is 13.1 Å². The third-order valence-electron chi connectivity index (χ3n) is 1.90. The van der Waals surface area contributed by atoms with Crippen LogP contribution in [0.15, 0.2) is 5.03 Å². The maximum Gasteiger partial charge on any atom is 0.349 e. The molecule has 0 spiro atoms. The Morgan fingerprint density at radius 1 is 1.00 bits per heavy atom. The van der Waals surface area contributed by atoms with Crippen LogP contribution in [0.3, 0.4) is 0 Å². The first-order valence-electron chi connectivity index (χ1n) is 4.28. The Labute approximate surface area is 103 Å². The van der Waals surface area contributed by atoms with Crippen molar-refractivity contribution in [2.75, 3.05) is 7.11 Å². The molecule has 1 aromatic rings. The molecule has 0 bridgehead atoms. The zero-order valence-electron chi connectivity index (χ0n) is 8.66. The molecule has 1 aromatic carbocycles. The molecule has 8 heteroatoms. The molecule has 0 aliphatic heterocycles. The van der Waals surface area contributed by atoms with Gasteiger partial charge in [0.05, 0.1) is 12.7 Å². The second-order valence-electron chi connectivity index (χ2n) is 2.97. The van der Waals surface area contributed by atoms with Crippen LogP contribution in [-0.2, 0) is 9.53 Å². The number of esters is 1. The second kappa shape index (κ2) is 5.34. The summed E-state index contributed by atoms with van der Waals surface area (Å²) in [6, 6.07) is 0. The Kier molecular flexibility index (Phi) is 4.28. The van der Waals surface area contributed by atoms with Crippen LogP contribution in [0.1, 0.15) is 5.56 Å². The molecule has 0 saturated heterocycles. The van der Waals surface area contributed by atoms with Crippen molar-refractivity contribution < 1.29 is 31.5 Å². The Balaban J connectivity index is 3.48. The first-order chi connectivity index (χ1) is 8.31. The highest BCUT2D eigenvalue weighted by atomic mass is 35.5. The highest BCUT2D eigenvalue weighted by Gasteiger charge is 2.25. The molecule has 0 aliphatic carbocycles. The Morgan fingerprint density at radius 3 is 1.78 bits per heavy atom. The number of benzene rings is 1. The van der Waals surface area contributed by atoms with Gasteiger partial charge in [-0.05, 0) is 6.08 Å². The molecule has 0 radical (unpaired) electrons. The molecule has 0 aliphatic rings. The molecule has 0 unspecified atom stereocenters. The van der Waals surface area contributed by atoms with Gasteiger partial charge >= 0.3 is 5.97 Å². The smallest absolute Gasteiger partial charge is 0.349 e. The van der Waals surface area contributed by atoms with Crippen molar-refractivity contribution in [2.45, 2.75) is 0 Å². The molecule has 0 amide bonds. The van der Waals surface area contributed by atoms with E-state index in [0.717, 1.165) is 7.11 Å². The molecule has 0 heterocycles. The van der Waals surface area contributed by atoms with E-state index >= 15 is 0 Å². The van der Waals surface area contributed by atoms with Gasteiger partial charge in [0.2, 0.25) is 5.82 Å². The number of rotatable bonds is 2.